The molecule has 0 radical (unpaired) electrons. The molecule has 0 bridgehead atoms. The highest BCUT2D eigenvalue weighted by atomic mass is 16.2. The van der Waals surface area contributed by atoms with Crippen LogP contribution < -0.4 is 4.90 Å². The maximum absolute atomic E-state index is 13.0. The minimum atomic E-state index is -0.247. The van der Waals surface area contributed by atoms with E-state index >= 15 is 0 Å². The van der Waals surface area contributed by atoms with E-state index in [0.29, 0.717) is 0 Å². The summed E-state index contributed by atoms with van der Waals surface area (Å²) in [4.78, 5) is 23.6. The van der Waals surface area contributed by atoms with Crippen molar-refractivity contribution in [3.63, 3.8) is 0 Å². The lowest BCUT2D eigenvalue weighted by Gasteiger charge is -2.35. The van der Waals surface area contributed by atoms with Gasteiger partial charge in [0.05, 0.1) is 23.7 Å². The summed E-state index contributed by atoms with van der Waals surface area (Å²) in [5.41, 5.74) is 5.22. The highest BCUT2D eigenvalue weighted by molar-refractivity contribution is 6.01. The maximum Gasteiger partial charge on any atom is 0.237 e. The number of hydrogen-bond donors (Lipinski definition) is 0. The monoisotopic (exact) mass is 385 g/mol. The zero-order valence-electron chi connectivity index (χ0n) is 16.8. The average molecular weight is 385 g/mol. The number of carbonyl (C=O) groups excluding carboxylic acids is 1. The molecule has 4 heterocycles. The van der Waals surface area contributed by atoms with Gasteiger partial charge in [0.15, 0.2) is 0 Å². The van der Waals surface area contributed by atoms with Crippen molar-refractivity contribution in [3.05, 3.63) is 66.2 Å². The largest absolute Gasteiger partial charge is 0.300 e. The molecule has 3 aliphatic rings. The van der Waals surface area contributed by atoms with Crippen LogP contribution in [0.15, 0.2) is 59.9 Å². The second-order valence-corrected chi connectivity index (χ2v) is 7.96. The number of rotatable bonds is 2. The van der Waals surface area contributed by atoms with Crippen LogP contribution in [0.3, 0.4) is 0 Å². The Morgan fingerprint density at radius 2 is 2.14 bits per heavy atom. The first kappa shape index (κ1) is 17.8. The van der Waals surface area contributed by atoms with E-state index < -0.39 is 0 Å². The van der Waals surface area contributed by atoms with E-state index in [4.69, 9.17) is 5.10 Å². The average Bonchev–Trinajstić information content (AvgIpc) is 3.17. The molecule has 0 saturated heterocycles. The van der Waals surface area contributed by atoms with Crippen LogP contribution >= 0.6 is 0 Å². The zero-order chi connectivity index (χ0) is 20.1. The summed E-state index contributed by atoms with van der Waals surface area (Å²) in [6.45, 7) is 4.14. The first-order chi connectivity index (χ1) is 14.0. The van der Waals surface area contributed by atoms with Gasteiger partial charge in [0, 0.05) is 31.2 Å². The third-order valence-electron chi connectivity index (χ3n) is 5.81. The first-order valence-electron chi connectivity index (χ1n) is 9.94. The molecule has 29 heavy (non-hydrogen) atoms. The molecule has 0 aromatic carbocycles. The van der Waals surface area contributed by atoms with Gasteiger partial charge in [0.1, 0.15) is 5.82 Å². The standard InChI is InChI=1S/C23H23N5O/c1-14-9-18(10-15(2)25-14)20-12-22-27(3)23(29)19-7-6-16(11-21(19)28(22)26-20)17-5-4-8-24-13-17/h4-9,11-13,15,19,21H,10H2,1-3H3. The number of anilines is 1. The van der Waals surface area contributed by atoms with Gasteiger partial charge < -0.3 is 0 Å². The zero-order valence-corrected chi connectivity index (χ0v) is 16.8. The van der Waals surface area contributed by atoms with Crippen molar-refractivity contribution in [1.82, 2.24) is 14.8 Å². The van der Waals surface area contributed by atoms with Crippen LogP contribution in [0.2, 0.25) is 0 Å². The number of aromatic nitrogens is 3. The van der Waals surface area contributed by atoms with Gasteiger partial charge in [-0.15, -0.1) is 0 Å². The van der Waals surface area contributed by atoms with Crippen LogP contribution in [0, 0.1) is 5.92 Å². The summed E-state index contributed by atoms with van der Waals surface area (Å²) in [6.07, 6.45) is 12.7. The summed E-state index contributed by atoms with van der Waals surface area (Å²) in [5.74, 6) is 0.677. The van der Waals surface area contributed by atoms with E-state index in [1.54, 1.807) is 11.1 Å². The summed E-state index contributed by atoms with van der Waals surface area (Å²) >= 11 is 0. The molecule has 1 amide bonds. The fourth-order valence-corrected chi connectivity index (χ4v) is 4.43. The molecule has 146 valence electrons. The molecule has 3 atom stereocenters. The molecule has 2 aromatic rings. The molecular formula is C23H23N5O. The number of pyridine rings is 1. The number of nitrogens with zero attached hydrogens (tertiary/aromatic N) is 5. The van der Waals surface area contributed by atoms with Crippen molar-refractivity contribution in [2.24, 2.45) is 10.9 Å². The fourth-order valence-electron chi connectivity index (χ4n) is 4.43. The predicted molar refractivity (Wildman–Crippen MR) is 115 cm³/mol. The Balaban J connectivity index is 1.59. The van der Waals surface area contributed by atoms with Gasteiger partial charge in [-0.05, 0) is 49.1 Å². The molecule has 0 spiro atoms. The first-order valence-corrected chi connectivity index (χ1v) is 9.94. The molecule has 0 N–H and O–H groups in total. The van der Waals surface area contributed by atoms with Gasteiger partial charge >= 0.3 is 0 Å². The second kappa shape index (κ2) is 6.65. The van der Waals surface area contributed by atoms with Crippen molar-refractivity contribution in [1.29, 1.82) is 0 Å². The van der Waals surface area contributed by atoms with Crippen LogP contribution in [0.4, 0.5) is 5.82 Å². The Labute approximate surface area is 170 Å². The third-order valence-corrected chi connectivity index (χ3v) is 5.81. The number of fused-ring (bicyclic) bond motifs is 3. The Kier molecular flexibility index (Phi) is 4.08. The van der Waals surface area contributed by atoms with Crippen molar-refractivity contribution in [2.75, 3.05) is 11.9 Å². The van der Waals surface area contributed by atoms with Gasteiger partial charge in [-0.2, -0.15) is 5.10 Å². The minimum absolute atomic E-state index is 0.0930. The lowest BCUT2D eigenvalue weighted by atomic mass is 9.87. The Morgan fingerprint density at radius 1 is 1.28 bits per heavy atom. The SMILES string of the molecule is CC1=NC(C)CC(c2cc3n(n2)C2C=C(c4cccnc4)C=CC2C(=O)N3C)=C1. The van der Waals surface area contributed by atoms with Crippen molar-refractivity contribution in [3.8, 4) is 0 Å². The maximum atomic E-state index is 13.0. The van der Waals surface area contributed by atoms with Crippen LogP contribution in [0.1, 0.15) is 37.6 Å². The number of dihydropyridines is 1. The lowest BCUT2D eigenvalue weighted by molar-refractivity contribution is -0.122. The van der Waals surface area contributed by atoms with Gasteiger partial charge in [-0.25, -0.2) is 4.68 Å². The molecule has 0 fully saturated rings. The van der Waals surface area contributed by atoms with Crippen LogP contribution in [0.5, 0.6) is 0 Å². The Bertz CT molecular complexity index is 1110. The summed E-state index contributed by atoms with van der Waals surface area (Å²) in [5, 5.41) is 4.95. The summed E-state index contributed by atoms with van der Waals surface area (Å²) in [7, 11) is 1.83. The van der Waals surface area contributed by atoms with E-state index in [1.165, 1.54) is 5.57 Å². The van der Waals surface area contributed by atoms with E-state index in [2.05, 4.69) is 29.1 Å². The van der Waals surface area contributed by atoms with Gasteiger partial charge in [0.25, 0.3) is 0 Å². The molecule has 5 rings (SSSR count). The quantitative estimate of drug-likeness (QED) is 0.792. The van der Waals surface area contributed by atoms with E-state index in [0.717, 1.165) is 34.8 Å². The fraction of sp³-hybridized carbons (Fsp3) is 0.304. The van der Waals surface area contributed by atoms with Crippen molar-refractivity contribution in [2.45, 2.75) is 32.4 Å². The molecule has 6 nitrogen and oxygen atoms in total. The van der Waals surface area contributed by atoms with Gasteiger partial charge in [0.2, 0.25) is 5.91 Å². The molecule has 2 aliphatic heterocycles. The molecule has 2 aromatic heterocycles. The number of allylic oxidation sites excluding steroid dienone is 4. The highest BCUT2D eigenvalue weighted by Crippen LogP contribution is 2.40. The molecule has 3 unspecified atom stereocenters. The van der Waals surface area contributed by atoms with Crippen LogP contribution in [-0.2, 0) is 4.79 Å². The topological polar surface area (TPSA) is 63.4 Å². The second-order valence-electron chi connectivity index (χ2n) is 7.96. The summed E-state index contributed by atoms with van der Waals surface area (Å²) < 4.78 is 1.99. The van der Waals surface area contributed by atoms with Gasteiger partial charge in [-0.1, -0.05) is 24.3 Å². The van der Waals surface area contributed by atoms with Crippen molar-refractivity contribution >= 4 is 28.6 Å². The van der Waals surface area contributed by atoms with E-state index in [9.17, 15) is 4.79 Å². The van der Waals surface area contributed by atoms with Crippen LogP contribution in [0.25, 0.3) is 11.1 Å². The lowest BCUT2D eigenvalue weighted by Crippen LogP contribution is -2.43. The van der Waals surface area contributed by atoms with Gasteiger partial charge in [-0.3, -0.25) is 19.7 Å². The molecule has 1 aliphatic carbocycles. The van der Waals surface area contributed by atoms with E-state index in [-0.39, 0.29) is 23.9 Å². The third kappa shape index (κ3) is 2.95. The summed E-state index contributed by atoms with van der Waals surface area (Å²) in [6, 6.07) is 6.09. The normalized spacial score (nSPS) is 25.8. The molecule has 6 heteroatoms. The number of carbonyl (C=O) groups is 1. The number of aliphatic imine (C=N–C) groups is 1. The predicted octanol–water partition coefficient (Wildman–Crippen LogP) is 3.70. The Morgan fingerprint density at radius 3 is 2.90 bits per heavy atom. The smallest absolute Gasteiger partial charge is 0.237 e. The molecular weight excluding hydrogens is 362 g/mol. The minimum Gasteiger partial charge on any atom is -0.300 e. The number of hydrogen-bond acceptors (Lipinski definition) is 4. The van der Waals surface area contributed by atoms with Crippen molar-refractivity contribution < 1.29 is 4.79 Å². The van der Waals surface area contributed by atoms with E-state index in [1.807, 2.05) is 55.2 Å². The van der Waals surface area contributed by atoms with Crippen LogP contribution in [-0.4, -0.2) is 39.5 Å². The number of amides is 1. The highest BCUT2D eigenvalue weighted by Gasteiger charge is 2.39. The molecule has 0 saturated carbocycles. The Hall–Kier alpha value is -3.28.